The third-order valence-corrected chi connectivity index (χ3v) is 6.51. The summed E-state index contributed by atoms with van der Waals surface area (Å²) in [4.78, 5) is 23.7. The Hall–Kier alpha value is -2.07. The molecule has 1 fully saturated rings. The monoisotopic (exact) mass is 390 g/mol. The summed E-state index contributed by atoms with van der Waals surface area (Å²) in [5.41, 5.74) is 0. The number of carbonyl (C=O) groups excluding carboxylic acids is 1. The minimum atomic E-state index is -4.22. The van der Waals surface area contributed by atoms with Gasteiger partial charge in [-0.3, -0.25) is 4.79 Å². The average Bonchev–Trinajstić information content (AvgIpc) is 2.61. The fourth-order valence-corrected chi connectivity index (χ4v) is 4.35. The zero-order valence-electron chi connectivity index (χ0n) is 14.4. The molecule has 0 saturated carbocycles. The summed E-state index contributed by atoms with van der Waals surface area (Å²) in [5.74, 6) is -3.94. The molecule has 2 rings (SSSR count). The molecular formula is C16H20F2N2O5S. The third-order valence-electron chi connectivity index (χ3n) is 4.60. The number of piperidine rings is 1. The van der Waals surface area contributed by atoms with E-state index in [1.54, 1.807) is 0 Å². The van der Waals surface area contributed by atoms with Gasteiger partial charge < -0.3 is 10.0 Å². The van der Waals surface area contributed by atoms with Crippen molar-refractivity contribution in [3.8, 4) is 0 Å². The van der Waals surface area contributed by atoms with E-state index in [2.05, 4.69) is 0 Å². The smallest absolute Gasteiger partial charge is 0.326 e. The topological polar surface area (TPSA) is 95.0 Å². The molecule has 1 aliphatic heterocycles. The first-order valence-corrected chi connectivity index (χ1v) is 9.44. The zero-order valence-corrected chi connectivity index (χ0v) is 15.2. The molecule has 1 atom stereocenters. The highest BCUT2D eigenvalue weighted by Crippen LogP contribution is 2.27. The summed E-state index contributed by atoms with van der Waals surface area (Å²) < 4.78 is 53.1. The Morgan fingerprint density at radius 1 is 1.27 bits per heavy atom. The average molecular weight is 390 g/mol. The highest BCUT2D eigenvalue weighted by Gasteiger charge is 2.36. The SMILES string of the molecule is CC(C(=O)O)N(C)C(=O)C1CCN(S(=O)(=O)c2cc(F)ccc2F)CC1. The van der Waals surface area contributed by atoms with E-state index in [-0.39, 0.29) is 31.8 Å². The molecule has 1 unspecified atom stereocenters. The van der Waals surface area contributed by atoms with E-state index in [1.165, 1.54) is 14.0 Å². The lowest BCUT2D eigenvalue weighted by Crippen LogP contribution is -2.47. The highest BCUT2D eigenvalue weighted by atomic mass is 32.2. The van der Waals surface area contributed by atoms with Crippen LogP contribution in [-0.2, 0) is 19.6 Å². The minimum Gasteiger partial charge on any atom is -0.480 e. The molecule has 1 heterocycles. The van der Waals surface area contributed by atoms with E-state index in [4.69, 9.17) is 5.11 Å². The number of sulfonamides is 1. The molecule has 1 aromatic rings. The standard InChI is InChI=1S/C16H20F2N2O5S/c1-10(16(22)23)19(2)15(21)11-5-7-20(8-6-11)26(24,25)14-9-12(17)3-4-13(14)18/h3-4,9-11H,5-8H2,1-2H3,(H,22,23). The molecule has 0 bridgehead atoms. The van der Waals surface area contributed by atoms with Crippen LogP contribution in [0.3, 0.4) is 0 Å². The van der Waals surface area contributed by atoms with Crippen LogP contribution < -0.4 is 0 Å². The van der Waals surface area contributed by atoms with Crippen molar-refractivity contribution in [3.05, 3.63) is 29.8 Å². The van der Waals surface area contributed by atoms with Crippen LogP contribution in [0.25, 0.3) is 0 Å². The Morgan fingerprint density at radius 2 is 1.85 bits per heavy atom. The lowest BCUT2D eigenvalue weighted by Gasteiger charge is -2.33. The van der Waals surface area contributed by atoms with Crippen molar-refractivity contribution < 1.29 is 31.9 Å². The van der Waals surface area contributed by atoms with Crippen molar-refractivity contribution in [2.24, 2.45) is 5.92 Å². The van der Waals surface area contributed by atoms with Gasteiger partial charge in [-0.2, -0.15) is 4.31 Å². The van der Waals surface area contributed by atoms with Gasteiger partial charge in [0.15, 0.2) is 0 Å². The largest absolute Gasteiger partial charge is 0.480 e. The number of hydrogen-bond acceptors (Lipinski definition) is 4. The van der Waals surface area contributed by atoms with E-state index >= 15 is 0 Å². The molecule has 1 N–H and O–H groups in total. The van der Waals surface area contributed by atoms with Gasteiger partial charge in [0.2, 0.25) is 15.9 Å². The van der Waals surface area contributed by atoms with E-state index in [0.29, 0.717) is 6.07 Å². The van der Waals surface area contributed by atoms with Gasteiger partial charge in [0.1, 0.15) is 22.6 Å². The minimum absolute atomic E-state index is 0.0377. The molecule has 1 amide bonds. The molecule has 26 heavy (non-hydrogen) atoms. The lowest BCUT2D eigenvalue weighted by atomic mass is 9.96. The molecule has 7 nitrogen and oxygen atoms in total. The van der Waals surface area contributed by atoms with E-state index in [9.17, 15) is 26.8 Å². The number of rotatable bonds is 5. The maximum Gasteiger partial charge on any atom is 0.326 e. The summed E-state index contributed by atoms with van der Waals surface area (Å²) in [6.45, 7) is 1.31. The molecule has 144 valence electrons. The van der Waals surface area contributed by atoms with Crippen LogP contribution in [0.2, 0.25) is 0 Å². The lowest BCUT2D eigenvalue weighted by molar-refractivity contribution is -0.150. The summed E-state index contributed by atoms with van der Waals surface area (Å²) in [7, 11) is -2.83. The van der Waals surface area contributed by atoms with Gasteiger partial charge in [-0.05, 0) is 38.0 Å². The number of carboxylic acid groups (broad SMARTS) is 1. The first-order chi connectivity index (χ1) is 12.1. The van der Waals surface area contributed by atoms with Crippen molar-refractivity contribution in [3.63, 3.8) is 0 Å². The van der Waals surface area contributed by atoms with Gasteiger partial charge >= 0.3 is 5.97 Å². The molecule has 10 heteroatoms. The van der Waals surface area contributed by atoms with Gasteiger partial charge in [-0.15, -0.1) is 0 Å². The van der Waals surface area contributed by atoms with Crippen molar-refractivity contribution in [2.75, 3.05) is 20.1 Å². The number of amides is 1. The zero-order chi connectivity index (χ0) is 19.6. The first kappa shape index (κ1) is 20.2. The summed E-state index contributed by atoms with van der Waals surface area (Å²) in [5, 5.41) is 8.98. The number of likely N-dealkylation sites (N-methyl/N-ethyl adjacent to an activating group) is 1. The van der Waals surface area contributed by atoms with Crippen LogP contribution >= 0.6 is 0 Å². The molecule has 0 aromatic heterocycles. The van der Waals surface area contributed by atoms with Crippen LogP contribution in [0.15, 0.2) is 23.1 Å². The van der Waals surface area contributed by atoms with Gasteiger partial charge in [0.25, 0.3) is 0 Å². The fourth-order valence-electron chi connectivity index (χ4n) is 2.80. The Morgan fingerprint density at radius 3 is 2.38 bits per heavy atom. The summed E-state index contributed by atoms with van der Waals surface area (Å²) in [6, 6.07) is 1.22. The van der Waals surface area contributed by atoms with Crippen molar-refractivity contribution in [1.82, 2.24) is 9.21 Å². The number of hydrogen-bond donors (Lipinski definition) is 1. The number of nitrogens with zero attached hydrogens (tertiary/aromatic N) is 2. The Balaban J connectivity index is 2.09. The van der Waals surface area contributed by atoms with E-state index in [1.807, 2.05) is 0 Å². The van der Waals surface area contributed by atoms with Crippen LogP contribution in [-0.4, -0.2) is 60.8 Å². The Kier molecular flexibility index (Phi) is 5.97. The molecule has 1 aliphatic rings. The molecule has 0 aliphatic carbocycles. The number of benzene rings is 1. The molecule has 0 radical (unpaired) electrons. The number of aliphatic carboxylic acids is 1. The maximum absolute atomic E-state index is 13.8. The highest BCUT2D eigenvalue weighted by molar-refractivity contribution is 7.89. The van der Waals surface area contributed by atoms with Crippen molar-refractivity contribution >= 4 is 21.9 Å². The number of carboxylic acids is 1. The number of carbonyl (C=O) groups is 2. The van der Waals surface area contributed by atoms with Crippen LogP contribution in [0.4, 0.5) is 8.78 Å². The van der Waals surface area contributed by atoms with E-state index < -0.39 is 44.5 Å². The fraction of sp³-hybridized carbons (Fsp3) is 0.500. The molecule has 1 saturated heterocycles. The second kappa shape index (κ2) is 7.67. The van der Waals surface area contributed by atoms with Gasteiger partial charge in [-0.1, -0.05) is 0 Å². The number of halogens is 2. The quantitative estimate of drug-likeness (QED) is 0.818. The first-order valence-electron chi connectivity index (χ1n) is 8.00. The second-order valence-corrected chi connectivity index (χ2v) is 8.12. The van der Waals surface area contributed by atoms with Crippen LogP contribution in [0.5, 0.6) is 0 Å². The second-order valence-electron chi connectivity index (χ2n) is 6.22. The summed E-state index contributed by atoms with van der Waals surface area (Å²) in [6.07, 6.45) is 0.345. The summed E-state index contributed by atoms with van der Waals surface area (Å²) >= 11 is 0. The molecule has 0 spiro atoms. The normalized spacial score (nSPS) is 17.7. The Bertz CT molecular complexity index is 807. The predicted octanol–water partition coefficient (Wildman–Crippen LogP) is 1.30. The predicted molar refractivity (Wildman–Crippen MR) is 87.7 cm³/mol. The van der Waals surface area contributed by atoms with Crippen molar-refractivity contribution in [2.45, 2.75) is 30.7 Å². The van der Waals surface area contributed by atoms with Crippen LogP contribution in [0, 0.1) is 17.6 Å². The van der Waals surface area contributed by atoms with Crippen molar-refractivity contribution in [1.29, 1.82) is 0 Å². The van der Waals surface area contributed by atoms with Gasteiger partial charge in [-0.25, -0.2) is 22.0 Å². The van der Waals surface area contributed by atoms with E-state index in [0.717, 1.165) is 21.3 Å². The van der Waals surface area contributed by atoms with Gasteiger partial charge in [0.05, 0.1) is 0 Å². The molecule has 1 aromatic carbocycles. The Labute approximate surface area is 150 Å². The van der Waals surface area contributed by atoms with Crippen LogP contribution in [0.1, 0.15) is 19.8 Å². The van der Waals surface area contributed by atoms with Gasteiger partial charge in [0, 0.05) is 26.1 Å². The third kappa shape index (κ3) is 4.01. The maximum atomic E-state index is 13.8. The molecular weight excluding hydrogens is 370 g/mol.